The zero-order valence-electron chi connectivity index (χ0n) is 12.6. The first-order valence-corrected chi connectivity index (χ1v) is 7.35. The second-order valence-corrected chi connectivity index (χ2v) is 5.30. The van der Waals surface area contributed by atoms with Crippen LogP contribution >= 0.6 is 0 Å². The van der Waals surface area contributed by atoms with Crippen LogP contribution < -0.4 is 11.1 Å². The zero-order valence-corrected chi connectivity index (χ0v) is 12.6. The summed E-state index contributed by atoms with van der Waals surface area (Å²) in [5.41, 5.74) is 9.31. The summed E-state index contributed by atoms with van der Waals surface area (Å²) < 4.78 is 0. The van der Waals surface area contributed by atoms with E-state index in [4.69, 9.17) is 5.73 Å². The molecule has 0 heterocycles. The molecule has 3 nitrogen and oxygen atoms in total. The molecule has 0 aliphatic carbocycles. The minimum atomic E-state index is -0.407. The van der Waals surface area contributed by atoms with E-state index in [1.54, 1.807) is 12.1 Å². The zero-order chi connectivity index (χ0) is 15.2. The lowest BCUT2D eigenvalue weighted by atomic mass is 10.0. The Morgan fingerprint density at radius 2 is 1.90 bits per heavy atom. The lowest BCUT2D eigenvalue weighted by Crippen LogP contribution is -2.12. The van der Waals surface area contributed by atoms with Crippen LogP contribution in [-0.4, -0.2) is 5.91 Å². The molecule has 0 radical (unpaired) electrons. The van der Waals surface area contributed by atoms with Crippen molar-refractivity contribution in [1.29, 1.82) is 0 Å². The minimum Gasteiger partial charge on any atom is -0.379 e. The lowest BCUT2D eigenvalue weighted by Gasteiger charge is -2.16. The number of nitrogens with two attached hydrogens (primary N) is 1. The first kappa shape index (κ1) is 15.1. The van der Waals surface area contributed by atoms with Gasteiger partial charge >= 0.3 is 0 Å². The van der Waals surface area contributed by atoms with Gasteiger partial charge in [-0.05, 0) is 42.7 Å². The molecule has 110 valence electrons. The van der Waals surface area contributed by atoms with E-state index in [1.807, 2.05) is 12.1 Å². The molecule has 1 atom stereocenters. The van der Waals surface area contributed by atoms with Gasteiger partial charge in [-0.2, -0.15) is 0 Å². The summed E-state index contributed by atoms with van der Waals surface area (Å²) in [5, 5.41) is 3.40. The summed E-state index contributed by atoms with van der Waals surface area (Å²) >= 11 is 0. The summed E-state index contributed by atoms with van der Waals surface area (Å²) in [6.45, 7) is 4.29. The fraction of sp³-hybridized carbons (Fsp3) is 0.278. The van der Waals surface area contributed by atoms with E-state index in [0.717, 1.165) is 18.5 Å². The topological polar surface area (TPSA) is 55.1 Å². The third-order valence-electron chi connectivity index (χ3n) is 3.55. The molecule has 2 aromatic carbocycles. The van der Waals surface area contributed by atoms with E-state index in [2.05, 4.69) is 43.4 Å². The summed E-state index contributed by atoms with van der Waals surface area (Å²) in [7, 11) is 0. The molecule has 0 saturated carbocycles. The Morgan fingerprint density at radius 1 is 1.19 bits per heavy atom. The molecular formula is C18H22N2O. The van der Waals surface area contributed by atoms with Gasteiger partial charge in [0.1, 0.15) is 0 Å². The maximum Gasteiger partial charge on any atom is 0.248 e. The van der Waals surface area contributed by atoms with Crippen LogP contribution in [0, 0.1) is 0 Å². The van der Waals surface area contributed by atoms with Gasteiger partial charge < -0.3 is 11.1 Å². The van der Waals surface area contributed by atoms with Gasteiger partial charge in [0, 0.05) is 17.3 Å². The van der Waals surface area contributed by atoms with Crippen molar-refractivity contribution in [3.05, 3.63) is 65.2 Å². The van der Waals surface area contributed by atoms with Crippen LogP contribution in [0.2, 0.25) is 0 Å². The molecule has 3 heteroatoms. The van der Waals surface area contributed by atoms with Crippen molar-refractivity contribution in [3.8, 4) is 0 Å². The molecule has 0 aliphatic rings. The van der Waals surface area contributed by atoms with Crippen LogP contribution in [0.4, 0.5) is 5.69 Å². The Hall–Kier alpha value is -2.29. The quantitative estimate of drug-likeness (QED) is 0.844. The first-order valence-electron chi connectivity index (χ1n) is 7.35. The maximum atomic E-state index is 11.2. The molecule has 2 rings (SSSR count). The first-order chi connectivity index (χ1) is 10.1. The Morgan fingerprint density at radius 3 is 2.52 bits per heavy atom. The highest BCUT2D eigenvalue weighted by atomic mass is 16.1. The maximum absolute atomic E-state index is 11.2. The molecule has 0 spiro atoms. The standard InChI is InChI=1S/C18H22N2O/c1-3-5-14-8-10-15(11-9-14)13(2)20-17-7-4-6-16(12-17)18(19)21/h4,6-13,20H,3,5H2,1-2H3,(H2,19,21). The van der Waals surface area contributed by atoms with Gasteiger partial charge in [-0.3, -0.25) is 4.79 Å². The van der Waals surface area contributed by atoms with Crippen molar-refractivity contribution in [3.63, 3.8) is 0 Å². The van der Waals surface area contributed by atoms with E-state index in [1.165, 1.54) is 11.1 Å². The Balaban J connectivity index is 2.08. The summed E-state index contributed by atoms with van der Waals surface area (Å²) in [4.78, 5) is 11.2. The number of carbonyl (C=O) groups is 1. The lowest BCUT2D eigenvalue weighted by molar-refractivity contribution is 0.100. The van der Waals surface area contributed by atoms with E-state index in [-0.39, 0.29) is 6.04 Å². The highest BCUT2D eigenvalue weighted by Gasteiger charge is 2.07. The van der Waals surface area contributed by atoms with Gasteiger partial charge in [0.15, 0.2) is 0 Å². The second-order valence-electron chi connectivity index (χ2n) is 5.30. The van der Waals surface area contributed by atoms with Crippen molar-refractivity contribution in [2.24, 2.45) is 5.73 Å². The van der Waals surface area contributed by atoms with Crippen molar-refractivity contribution < 1.29 is 4.79 Å². The highest BCUT2D eigenvalue weighted by Crippen LogP contribution is 2.20. The smallest absolute Gasteiger partial charge is 0.248 e. The number of hydrogen-bond acceptors (Lipinski definition) is 2. The van der Waals surface area contributed by atoms with Crippen LogP contribution in [0.15, 0.2) is 48.5 Å². The predicted octanol–water partition coefficient (Wildman–Crippen LogP) is 3.91. The van der Waals surface area contributed by atoms with Crippen LogP contribution in [-0.2, 0) is 6.42 Å². The second kappa shape index (κ2) is 6.93. The average Bonchev–Trinajstić information content (AvgIpc) is 2.48. The molecule has 1 amide bonds. The van der Waals surface area contributed by atoms with Crippen molar-refractivity contribution in [1.82, 2.24) is 0 Å². The number of anilines is 1. The van der Waals surface area contributed by atoms with Crippen LogP contribution in [0.3, 0.4) is 0 Å². The predicted molar refractivity (Wildman–Crippen MR) is 87.4 cm³/mol. The SMILES string of the molecule is CCCc1ccc(C(C)Nc2cccc(C(N)=O)c2)cc1. The Kier molecular flexibility index (Phi) is 4.99. The normalized spacial score (nSPS) is 11.9. The Bertz CT molecular complexity index is 605. The fourth-order valence-corrected chi connectivity index (χ4v) is 2.36. The summed E-state index contributed by atoms with van der Waals surface area (Å²) in [6.07, 6.45) is 2.27. The number of rotatable bonds is 6. The number of nitrogens with one attached hydrogen (secondary N) is 1. The van der Waals surface area contributed by atoms with Crippen LogP contribution in [0.1, 0.15) is 47.8 Å². The molecule has 0 fully saturated rings. The third-order valence-corrected chi connectivity index (χ3v) is 3.55. The number of amides is 1. The minimum absolute atomic E-state index is 0.170. The van der Waals surface area contributed by atoms with Gasteiger partial charge in [0.25, 0.3) is 0 Å². The van der Waals surface area contributed by atoms with E-state index >= 15 is 0 Å². The number of hydrogen-bond donors (Lipinski definition) is 2. The van der Waals surface area contributed by atoms with Gasteiger partial charge in [-0.1, -0.05) is 43.7 Å². The van der Waals surface area contributed by atoms with Crippen molar-refractivity contribution in [2.75, 3.05) is 5.32 Å². The van der Waals surface area contributed by atoms with E-state index < -0.39 is 5.91 Å². The molecule has 0 aromatic heterocycles. The van der Waals surface area contributed by atoms with Crippen molar-refractivity contribution >= 4 is 11.6 Å². The molecule has 0 aliphatic heterocycles. The van der Waals surface area contributed by atoms with Gasteiger partial charge in [0.05, 0.1) is 0 Å². The largest absolute Gasteiger partial charge is 0.379 e. The van der Waals surface area contributed by atoms with Crippen molar-refractivity contribution in [2.45, 2.75) is 32.7 Å². The molecule has 1 unspecified atom stereocenters. The number of aryl methyl sites for hydroxylation is 1. The third kappa shape index (κ3) is 4.09. The van der Waals surface area contributed by atoms with Gasteiger partial charge in [-0.15, -0.1) is 0 Å². The molecule has 3 N–H and O–H groups in total. The molecule has 0 bridgehead atoms. The molecule has 21 heavy (non-hydrogen) atoms. The number of primary amides is 1. The molecular weight excluding hydrogens is 260 g/mol. The summed E-state index contributed by atoms with van der Waals surface area (Å²) in [6, 6.07) is 16.1. The molecule has 0 saturated heterocycles. The van der Waals surface area contributed by atoms with E-state index in [9.17, 15) is 4.79 Å². The van der Waals surface area contributed by atoms with Crippen LogP contribution in [0.5, 0.6) is 0 Å². The van der Waals surface area contributed by atoms with Gasteiger partial charge in [0.2, 0.25) is 5.91 Å². The molecule has 2 aromatic rings. The number of carbonyl (C=O) groups excluding carboxylic acids is 1. The van der Waals surface area contributed by atoms with Crippen LogP contribution in [0.25, 0.3) is 0 Å². The fourth-order valence-electron chi connectivity index (χ4n) is 2.36. The number of benzene rings is 2. The summed E-state index contributed by atoms with van der Waals surface area (Å²) in [5.74, 6) is -0.407. The van der Waals surface area contributed by atoms with E-state index in [0.29, 0.717) is 5.56 Å². The average molecular weight is 282 g/mol. The monoisotopic (exact) mass is 282 g/mol. The highest BCUT2D eigenvalue weighted by molar-refractivity contribution is 5.93. The Labute approximate surface area is 126 Å². The van der Waals surface area contributed by atoms with Gasteiger partial charge in [-0.25, -0.2) is 0 Å².